The molecule has 0 aliphatic heterocycles. The maximum absolute atomic E-state index is 8.39. The smallest absolute Gasteiger partial charge is 0.101 e. The minimum atomic E-state index is 0. The van der Waals surface area contributed by atoms with Gasteiger partial charge in [-0.25, -0.2) is 0 Å². The summed E-state index contributed by atoms with van der Waals surface area (Å²) in [6.45, 7) is 2.23. The molecule has 8 heteroatoms. The maximum Gasteiger partial charge on any atom is 0.101 e. The fourth-order valence-corrected chi connectivity index (χ4v) is 0.600. The van der Waals surface area contributed by atoms with Crippen LogP contribution in [0.4, 0.5) is 0 Å². The van der Waals surface area contributed by atoms with Crippen LogP contribution in [-0.4, -0.2) is 87.8 Å². The van der Waals surface area contributed by atoms with E-state index in [0.29, 0.717) is 0 Å². The van der Waals surface area contributed by atoms with Crippen LogP contribution in [0.5, 0.6) is 0 Å². The summed E-state index contributed by atoms with van der Waals surface area (Å²) in [4.78, 5) is 0. The van der Waals surface area contributed by atoms with Crippen molar-refractivity contribution in [3.8, 4) is 0 Å². The van der Waals surface area contributed by atoms with Crippen molar-refractivity contribution in [2.45, 2.75) is 0 Å². The van der Waals surface area contributed by atoms with Crippen LogP contribution in [0, 0.1) is 0 Å². The number of aliphatic hydroxyl groups excluding tert-OH is 2. The zero-order chi connectivity index (χ0) is 11.8. The molecule has 0 amide bonds. The molecule has 120 valence electrons. The predicted molar refractivity (Wildman–Crippen MR) is 66.0 cm³/mol. The molecule has 0 atom stereocenters. The number of nitrogens with zero attached hydrogens (tertiary/aromatic N) is 2. The van der Waals surface area contributed by atoms with Crippen LogP contribution in [-0.2, 0) is 0 Å². The Bertz CT molecular complexity index is 123. The first-order valence-corrected chi connectivity index (χ1v) is 4.95. The van der Waals surface area contributed by atoms with Gasteiger partial charge in [0.1, 0.15) is 13.1 Å². The van der Waals surface area contributed by atoms with Crippen molar-refractivity contribution in [1.29, 1.82) is 0 Å². The van der Waals surface area contributed by atoms with Gasteiger partial charge < -0.3 is 62.6 Å². The molecule has 0 spiro atoms. The highest BCUT2D eigenvalue weighted by atomic mass is 35.5. The van der Waals surface area contributed by atoms with Gasteiger partial charge in [0.15, 0.2) is 0 Å². The van der Waals surface area contributed by atoms with Crippen molar-refractivity contribution in [2.24, 2.45) is 0 Å². The van der Waals surface area contributed by atoms with Crippen LogP contribution >= 0.6 is 0 Å². The lowest BCUT2D eigenvalue weighted by atomic mass is 10.5. The Labute approximate surface area is 131 Å². The van der Waals surface area contributed by atoms with E-state index in [4.69, 9.17) is 10.2 Å². The summed E-state index contributed by atoms with van der Waals surface area (Å²) >= 11 is 0. The van der Waals surface area contributed by atoms with Crippen molar-refractivity contribution in [3.05, 3.63) is 0 Å². The first-order valence-electron chi connectivity index (χ1n) is 4.95. The highest BCUT2D eigenvalue weighted by molar-refractivity contribution is 4.19. The molecule has 5 nitrogen and oxygen atoms in total. The van der Waals surface area contributed by atoms with E-state index < -0.39 is 0 Å². The molecule has 0 aromatic carbocycles. The molecular formula is C10H32Cl3N3O2. The van der Waals surface area contributed by atoms with E-state index in [0.717, 1.165) is 22.1 Å². The van der Waals surface area contributed by atoms with Gasteiger partial charge in [0.2, 0.25) is 0 Å². The number of quaternary nitrogens is 3. The fourth-order valence-electron chi connectivity index (χ4n) is 0.600. The minimum Gasteiger partial charge on any atom is -1.00 e. The third-order valence-corrected chi connectivity index (χ3v) is 1.54. The van der Waals surface area contributed by atoms with Crippen LogP contribution < -0.4 is 43.4 Å². The Morgan fingerprint density at radius 2 is 0.778 bits per heavy atom. The molecule has 0 saturated carbocycles. The van der Waals surface area contributed by atoms with Crippen molar-refractivity contribution in [1.82, 2.24) is 6.15 Å². The number of rotatable bonds is 4. The number of hydrogen-bond acceptors (Lipinski definition) is 2. The summed E-state index contributed by atoms with van der Waals surface area (Å²) in [5, 5.41) is 16.8. The van der Waals surface area contributed by atoms with Crippen LogP contribution in [0.15, 0.2) is 0 Å². The number of halogens is 3. The van der Waals surface area contributed by atoms with Gasteiger partial charge in [0.05, 0.1) is 55.5 Å². The summed E-state index contributed by atoms with van der Waals surface area (Å²) in [6.07, 6.45) is 0. The number of aliphatic hydroxyl groups is 2. The Morgan fingerprint density at radius 1 is 0.611 bits per heavy atom. The molecule has 0 aliphatic rings. The molecule has 0 bridgehead atoms. The SMILES string of the molecule is C[N+](C)(C)CCO.C[N+](C)(C)CCO.[Cl-].[Cl-].[Cl-].[NH4+]. The van der Waals surface area contributed by atoms with Gasteiger partial charge in [0.25, 0.3) is 0 Å². The molecule has 0 aromatic rings. The van der Waals surface area contributed by atoms with Crippen LogP contribution in [0.1, 0.15) is 0 Å². The Hall–Kier alpha value is 0.670. The second-order valence-corrected chi connectivity index (χ2v) is 5.48. The zero-order valence-corrected chi connectivity index (χ0v) is 15.0. The van der Waals surface area contributed by atoms with Gasteiger partial charge in [-0.3, -0.25) is 0 Å². The van der Waals surface area contributed by atoms with E-state index in [1.165, 1.54) is 0 Å². The average molecular weight is 333 g/mol. The summed E-state index contributed by atoms with van der Waals surface area (Å²) in [7, 11) is 12.3. The molecule has 0 unspecified atom stereocenters. The first kappa shape index (κ1) is 36.3. The standard InChI is InChI=1S/2C5H14NO.3ClH.H3N/c2*1-6(2,3)4-5-7;;;;/h2*7H,4-5H2,1-3H3;3*1H;1H3/q2*+1;;;;/p-2. The van der Waals surface area contributed by atoms with Crippen LogP contribution in [0.2, 0.25) is 0 Å². The zero-order valence-electron chi connectivity index (χ0n) is 12.8. The summed E-state index contributed by atoms with van der Waals surface area (Å²) in [6, 6.07) is 0. The van der Waals surface area contributed by atoms with Crippen LogP contribution in [0.25, 0.3) is 0 Å². The molecule has 6 N–H and O–H groups in total. The van der Waals surface area contributed by atoms with Crippen molar-refractivity contribution >= 4 is 0 Å². The number of hydrogen-bond donors (Lipinski definition) is 3. The summed E-state index contributed by atoms with van der Waals surface area (Å²) in [5.74, 6) is 0. The Balaban J connectivity index is -0.0000000327. The summed E-state index contributed by atoms with van der Waals surface area (Å²) in [5.41, 5.74) is 0. The molecule has 0 rings (SSSR count). The van der Waals surface area contributed by atoms with Gasteiger partial charge in [-0.2, -0.15) is 0 Å². The maximum atomic E-state index is 8.39. The predicted octanol–water partition coefficient (Wildman–Crippen LogP) is -9.24. The van der Waals surface area contributed by atoms with Gasteiger partial charge in [0, 0.05) is 0 Å². The summed E-state index contributed by atoms with van der Waals surface area (Å²) < 4.78 is 1.69. The molecule has 0 aromatic heterocycles. The molecule has 0 fully saturated rings. The van der Waals surface area contributed by atoms with Crippen molar-refractivity contribution < 1.29 is 56.4 Å². The lowest BCUT2D eigenvalue weighted by molar-refractivity contribution is -0.870. The highest BCUT2D eigenvalue weighted by Crippen LogP contribution is 1.85. The van der Waals surface area contributed by atoms with E-state index in [2.05, 4.69) is 42.3 Å². The van der Waals surface area contributed by atoms with E-state index >= 15 is 0 Å². The third-order valence-electron chi connectivity index (χ3n) is 1.54. The third kappa shape index (κ3) is 54.5. The Kier molecular flexibility index (Phi) is 35.6. The minimum absolute atomic E-state index is 0. The average Bonchev–Trinajstić information content (AvgIpc) is 1.81. The van der Waals surface area contributed by atoms with Crippen molar-refractivity contribution in [3.63, 3.8) is 0 Å². The highest BCUT2D eigenvalue weighted by Gasteiger charge is 2.02. The Morgan fingerprint density at radius 3 is 0.778 bits per heavy atom. The van der Waals surface area contributed by atoms with Gasteiger partial charge >= 0.3 is 0 Å². The normalized spacial score (nSPS) is 9.33. The van der Waals surface area contributed by atoms with E-state index in [9.17, 15) is 0 Å². The van der Waals surface area contributed by atoms with E-state index in [1.807, 2.05) is 0 Å². The van der Waals surface area contributed by atoms with E-state index in [1.54, 1.807) is 0 Å². The molecule has 0 saturated heterocycles. The largest absolute Gasteiger partial charge is 1.00 e. The molecular weight excluding hydrogens is 300 g/mol. The topological polar surface area (TPSA) is 77.0 Å². The quantitative estimate of drug-likeness (QED) is 0.447. The van der Waals surface area contributed by atoms with Gasteiger partial charge in [-0.05, 0) is 0 Å². The second-order valence-electron chi connectivity index (χ2n) is 5.48. The lowest BCUT2D eigenvalue weighted by Gasteiger charge is -2.21. The lowest BCUT2D eigenvalue weighted by Crippen LogP contribution is -3.00. The van der Waals surface area contributed by atoms with Gasteiger partial charge in [-0.15, -0.1) is 0 Å². The van der Waals surface area contributed by atoms with Crippen LogP contribution in [0.3, 0.4) is 0 Å². The van der Waals surface area contributed by atoms with Gasteiger partial charge in [-0.1, -0.05) is 0 Å². The molecule has 0 heterocycles. The molecule has 18 heavy (non-hydrogen) atoms. The fraction of sp³-hybridized carbons (Fsp3) is 1.00. The van der Waals surface area contributed by atoms with Crippen molar-refractivity contribution in [2.75, 3.05) is 68.6 Å². The molecule has 0 aliphatic carbocycles. The molecule has 0 radical (unpaired) electrons. The number of likely N-dealkylation sites (N-methyl/N-ethyl adjacent to an activating group) is 2. The monoisotopic (exact) mass is 331 g/mol. The second kappa shape index (κ2) is 17.7. The first-order chi connectivity index (χ1) is 6.12. The van der Waals surface area contributed by atoms with E-state index in [-0.39, 0.29) is 56.6 Å².